The van der Waals surface area contributed by atoms with Gasteiger partial charge in [-0.15, -0.1) is 11.3 Å². The molecule has 0 saturated carbocycles. The zero-order valence-electron chi connectivity index (χ0n) is 13.3. The van der Waals surface area contributed by atoms with Gasteiger partial charge in [0.25, 0.3) is 0 Å². The van der Waals surface area contributed by atoms with Gasteiger partial charge in [0, 0.05) is 28.4 Å². The zero-order chi connectivity index (χ0) is 16.9. The molecule has 0 unspecified atom stereocenters. The van der Waals surface area contributed by atoms with E-state index in [1.807, 2.05) is 24.3 Å². The fraction of sp³-hybridized carbons (Fsp3) is 0.158. The Morgan fingerprint density at radius 1 is 0.958 bits per heavy atom. The monoisotopic (exact) mass is 355 g/mol. The normalized spacial score (nSPS) is 15.1. The number of halogens is 1. The highest BCUT2D eigenvalue weighted by Gasteiger charge is 2.44. The van der Waals surface area contributed by atoms with Crippen LogP contribution in [0.25, 0.3) is 0 Å². The predicted molar refractivity (Wildman–Crippen MR) is 104 cm³/mol. The number of benzene rings is 2. The van der Waals surface area contributed by atoms with Gasteiger partial charge in [-0.3, -0.25) is 0 Å². The predicted octanol–water partition coefficient (Wildman–Crippen LogP) is 4.63. The van der Waals surface area contributed by atoms with Gasteiger partial charge in [0.2, 0.25) is 0 Å². The van der Waals surface area contributed by atoms with Crippen LogP contribution in [-0.2, 0) is 5.41 Å². The first-order valence-corrected chi connectivity index (χ1v) is 8.97. The van der Waals surface area contributed by atoms with Gasteiger partial charge in [-0.1, -0.05) is 35.9 Å². The van der Waals surface area contributed by atoms with Crippen LogP contribution in [0.5, 0.6) is 0 Å². The van der Waals surface area contributed by atoms with E-state index in [0.29, 0.717) is 0 Å². The van der Waals surface area contributed by atoms with Crippen molar-refractivity contribution in [2.75, 3.05) is 23.3 Å². The van der Waals surface area contributed by atoms with Gasteiger partial charge in [0.05, 0.1) is 15.4 Å². The Morgan fingerprint density at radius 2 is 1.46 bits per heavy atom. The van der Waals surface area contributed by atoms with Crippen LogP contribution in [0.15, 0.2) is 48.5 Å². The van der Waals surface area contributed by atoms with Crippen molar-refractivity contribution in [3.8, 4) is 0 Å². The van der Waals surface area contributed by atoms with Crippen molar-refractivity contribution in [3.05, 3.63) is 74.4 Å². The smallest absolute Gasteiger partial charge is 0.0982 e. The van der Waals surface area contributed by atoms with Crippen LogP contribution in [0.4, 0.5) is 17.1 Å². The van der Waals surface area contributed by atoms with Crippen molar-refractivity contribution in [1.29, 1.82) is 0 Å². The molecule has 1 aliphatic rings. The number of nitrogen functional groups attached to an aromatic ring is 2. The summed E-state index contributed by atoms with van der Waals surface area (Å²) in [7, 11) is 0. The molecule has 5 N–H and O–H groups in total. The molecule has 0 fully saturated rings. The largest absolute Gasteiger partial charge is 0.399 e. The molecule has 0 radical (unpaired) electrons. The van der Waals surface area contributed by atoms with E-state index in [0.717, 1.165) is 33.5 Å². The lowest BCUT2D eigenvalue weighted by molar-refractivity contribution is 0.698. The van der Waals surface area contributed by atoms with E-state index < -0.39 is 0 Å². The van der Waals surface area contributed by atoms with E-state index in [9.17, 15) is 0 Å². The van der Waals surface area contributed by atoms with Crippen molar-refractivity contribution in [3.63, 3.8) is 0 Å². The van der Waals surface area contributed by atoms with Crippen molar-refractivity contribution < 1.29 is 0 Å². The van der Waals surface area contributed by atoms with Crippen LogP contribution in [0.2, 0.25) is 4.34 Å². The second kappa shape index (κ2) is 5.43. The Hall–Kier alpha value is -2.17. The van der Waals surface area contributed by atoms with E-state index in [1.54, 1.807) is 11.3 Å². The van der Waals surface area contributed by atoms with Crippen LogP contribution in [-0.4, -0.2) is 6.54 Å². The maximum absolute atomic E-state index is 6.44. The zero-order valence-corrected chi connectivity index (χ0v) is 14.8. The summed E-state index contributed by atoms with van der Waals surface area (Å²) in [5.41, 5.74) is 17.7. The molecule has 0 bridgehead atoms. The molecular weight excluding hydrogens is 338 g/mol. The molecule has 5 heteroatoms. The van der Waals surface area contributed by atoms with Gasteiger partial charge in [0.15, 0.2) is 0 Å². The van der Waals surface area contributed by atoms with Gasteiger partial charge >= 0.3 is 0 Å². The SMILES string of the molecule is Cc1c(Cl)sc2c1NCC2(c1ccc(N)cc1)c1ccc(N)cc1. The molecule has 0 atom stereocenters. The molecule has 24 heavy (non-hydrogen) atoms. The summed E-state index contributed by atoms with van der Waals surface area (Å²) in [6.07, 6.45) is 0. The number of thiophene rings is 1. The summed E-state index contributed by atoms with van der Waals surface area (Å²) in [6, 6.07) is 16.2. The molecule has 0 spiro atoms. The molecule has 1 aliphatic heterocycles. The quantitative estimate of drug-likeness (QED) is 0.587. The van der Waals surface area contributed by atoms with Crippen molar-refractivity contribution in [2.24, 2.45) is 0 Å². The topological polar surface area (TPSA) is 64.1 Å². The number of rotatable bonds is 2. The average Bonchev–Trinajstić information content (AvgIpc) is 3.08. The van der Waals surface area contributed by atoms with E-state index >= 15 is 0 Å². The minimum absolute atomic E-state index is 0.278. The van der Waals surface area contributed by atoms with Crippen LogP contribution in [0.1, 0.15) is 21.6 Å². The highest BCUT2D eigenvalue weighted by atomic mass is 35.5. The lowest BCUT2D eigenvalue weighted by Gasteiger charge is -2.30. The third-order valence-electron chi connectivity index (χ3n) is 4.81. The van der Waals surface area contributed by atoms with Gasteiger partial charge in [0.1, 0.15) is 0 Å². The molecule has 0 amide bonds. The van der Waals surface area contributed by atoms with E-state index in [-0.39, 0.29) is 5.41 Å². The highest BCUT2D eigenvalue weighted by molar-refractivity contribution is 7.17. The van der Waals surface area contributed by atoms with Crippen LogP contribution in [0.3, 0.4) is 0 Å². The standard InChI is InChI=1S/C19H18ClN3S/c1-11-16-17(24-18(11)20)19(10-23-16,12-2-6-14(21)7-3-12)13-4-8-15(22)9-5-13/h2-9,23H,10,21-22H2,1H3. The van der Waals surface area contributed by atoms with Gasteiger partial charge in [-0.25, -0.2) is 0 Å². The van der Waals surface area contributed by atoms with Crippen LogP contribution < -0.4 is 16.8 Å². The average molecular weight is 356 g/mol. The van der Waals surface area contributed by atoms with E-state index in [1.165, 1.54) is 16.0 Å². The second-order valence-corrected chi connectivity index (χ2v) is 7.83. The van der Waals surface area contributed by atoms with Crippen LogP contribution in [0, 0.1) is 6.92 Å². The number of anilines is 3. The lowest BCUT2D eigenvalue weighted by atomic mass is 9.74. The molecule has 0 aliphatic carbocycles. The molecule has 2 aromatic carbocycles. The Bertz CT molecular complexity index is 852. The van der Waals surface area contributed by atoms with Gasteiger partial charge in [-0.2, -0.15) is 0 Å². The summed E-state index contributed by atoms with van der Waals surface area (Å²) in [5, 5.41) is 3.57. The van der Waals surface area contributed by atoms with Crippen LogP contribution >= 0.6 is 22.9 Å². The van der Waals surface area contributed by atoms with Crippen molar-refractivity contribution in [1.82, 2.24) is 0 Å². The summed E-state index contributed by atoms with van der Waals surface area (Å²) in [6.45, 7) is 2.85. The summed E-state index contributed by atoms with van der Waals surface area (Å²) >= 11 is 8.09. The first kappa shape index (κ1) is 15.4. The fourth-order valence-corrected chi connectivity index (χ4v) is 5.04. The molecule has 3 nitrogen and oxygen atoms in total. The number of nitrogens with two attached hydrogens (primary N) is 2. The Kier molecular flexibility index (Phi) is 3.48. The first-order chi connectivity index (χ1) is 11.5. The van der Waals surface area contributed by atoms with Crippen molar-refractivity contribution >= 4 is 40.0 Å². The maximum atomic E-state index is 6.44. The molecule has 0 saturated heterocycles. The van der Waals surface area contributed by atoms with E-state index in [2.05, 4.69) is 36.5 Å². The minimum Gasteiger partial charge on any atom is -0.399 e. The second-order valence-electron chi connectivity index (χ2n) is 6.21. The molecular formula is C19H18ClN3S. The van der Waals surface area contributed by atoms with Gasteiger partial charge in [-0.05, 0) is 42.3 Å². The molecule has 1 aromatic heterocycles. The third kappa shape index (κ3) is 2.10. The number of hydrogen-bond acceptors (Lipinski definition) is 4. The molecule has 122 valence electrons. The van der Waals surface area contributed by atoms with E-state index in [4.69, 9.17) is 23.1 Å². The van der Waals surface area contributed by atoms with Gasteiger partial charge < -0.3 is 16.8 Å². The molecule has 4 rings (SSSR count). The third-order valence-corrected chi connectivity index (χ3v) is 6.57. The first-order valence-electron chi connectivity index (χ1n) is 7.77. The maximum Gasteiger partial charge on any atom is 0.0982 e. The fourth-order valence-electron chi connectivity index (χ4n) is 3.47. The minimum atomic E-state index is -0.278. The Labute approximate surface area is 150 Å². The van der Waals surface area contributed by atoms with Crippen molar-refractivity contribution in [2.45, 2.75) is 12.3 Å². The number of hydrogen-bond donors (Lipinski definition) is 3. The highest BCUT2D eigenvalue weighted by Crippen LogP contribution is 2.53. The lowest BCUT2D eigenvalue weighted by Crippen LogP contribution is -2.31. The number of nitrogens with one attached hydrogen (secondary N) is 1. The Morgan fingerprint density at radius 3 is 1.96 bits per heavy atom. The molecule has 3 aromatic rings. The summed E-state index contributed by atoms with van der Waals surface area (Å²) < 4.78 is 0.836. The summed E-state index contributed by atoms with van der Waals surface area (Å²) in [4.78, 5) is 1.25. The Balaban J connectivity index is 2.00. The number of fused-ring (bicyclic) bond motifs is 1. The summed E-state index contributed by atoms with van der Waals surface area (Å²) in [5.74, 6) is 0. The molecule has 2 heterocycles.